The van der Waals surface area contributed by atoms with E-state index >= 15 is 0 Å². The van der Waals surface area contributed by atoms with Gasteiger partial charge in [0, 0.05) is 30.1 Å². The summed E-state index contributed by atoms with van der Waals surface area (Å²) in [6.45, 7) is 3.88. The van der Waals surface area contributed by atoms with E-state index in [1.54, 1.807) is 11.3 Å². The molecule has 1 saturated heterocycles. The molecule has 0 saturated carbocycles. The Morgan fingerprint density at radius 1 is 0.964 bits per heavy atom. The van der Waals surface area contributed by atoms with Gasteiger partial charge in [-0.15, -0.1) is 11.3 Å². The van der Waals surface area contributed by atoms with Gasteiger partial charge in [0.05, 0.1) is 19.3 Å². The van der Waals surface area contributed by atoms with Crippen LogP contribution in [0.3, 0.4) is 0 Å². The number of carbonyl (C=O) groups excluding carboxylic acids is 1. The first kappa shape index (κ1) is 18.9. The Bertz CT molecular complexity index is 873. The van der Waals surface area contributed by atoms with Gasteiger partial charge in [-0.2, -0.15) is 0 Å². The maximum atomic E-state index is 12.7. The predicted octanol–water partition coefficient (Wildman–Crippen LogP) is 4.22. The Labute approximate surface area is 169 Å². The number of hydrogen-bond acceptors (Lipinski definition) is 4. The minimum absolute atomic E-state index is 0.0329. The fourth-order valence-corrected chi connectivity index (χ4v) is 4.38. The molecule has 144 valence electrons. The summed E-state index contributed by atoms with van der Waals surface area (Å²) in [6.07, 6.45) is 0. The normalized spacial score (nSPS) is 15.9. The van der Waals surface area contributed by atoms with Crippen molar-refractivity contribution in [2.24, 2.45) is 0 Å². The molecular weight excluding hydrogens is 368 g/mol. The average molecular weight is 393 g/mol. The van der Waals surface area contributed by atoms with Crippen LogP contribution in [-0.2, 0) is 4.74 Å². The zero-order chi connectivity index (χ0) is 19.2. The van der Waals surface area contributed by atoms with Crippen molar-refractivity contribution in [3.8, 4) is 11.1 Å². The Morgan fingerprint density at radius 3 is 2.36 bits per heavy atom. The number of nitrogens with one attached hydrogen (secondary N) is 1. The second-order valence-electron chi connectivity index (χ2n) is 6.83. The highest BCUT2D eigenvalue weighted by Gasteiger charge is 2.24. The molecule has 0 radical (unpaired) electrons. The summed E-state index contributed by atoms with van der Waals surface area (Å²) in [7, 11) is 0. The summed E-state index contributed by atoms with van der Waals surface area (Å²) in [6, 6.07) is 22.4. The molecule has 1 amide bonds. The molecule has 1 fully saturated rings. The molecule has 1 atom stereocenters. The predicted molar refractivity (Wildman–Crippen MR) is 114 cm³/mol. The van der Waals surface area contributed by atoms with Crippen LogP contribution < -0.4 is 5.32 Å². The highest BCUT2D eigenvalue weighted by Crippen LogP contribution is 2.25. The number of benzene rings is 2. The van der Waals surface area contributed by atoms with Crippen LogP contribution >= 0.6 is 11.3 Å². The minimum Gasteiger partial charge on any atom is -0.379 e. The fraction of sp³-hybridized carbons (Fsp3) is 0.261. The molecule has 0 bridgehead atoms. The quantitative estimate of drug-likeness (QED) is 0.683. The van der Waals surface area contributed by atoms with E-state index in [4.69, 9.17) is 4.74 Å². The first-order valence-electron chi connectivity index (χ1n) is 9.60. The summed E-state index contributed by atoms with van der Waals surface area (Å²) < 4.78 is 5.48. The molecule has 0 unspecified atom stereocenters. The second kappa shape index (κ2) is 9.15. The Hall–Kier alpha value is -2.47. The lowest BCUT2D eigenvalue weighted by molar-refractivity contribution is 0.0169. The molecule has 2 heterocycles. The number of rotatable bonds is 6. The van der Waals surface area contributed by atoms with Gasteiger partial charge in [-0.3, -0.25) is 9.69 Å². The third kappa shape index (κ3) is 4.50. The molecule has 0 spiro atoms. The van der Waals surface area contributed by atoms with E-state index in [-0.39, 0.29) is 11.9 Å². The number of carbonyl (C=O) groups is 1. The van der Waals surface area contributed by atoms with Gasteiger partial charge in [-0.25, -0.2) is 0 Å². The van der Waals surface area contributed by atoms with Crippen molar-refractivity contribution in [1.29, 1.82) is 0 Å². The number of nitrogens with zero attached hydrogens (tertiary/aromatic N) is 1. The molecule has 1 aliphatic heterocycles. The van der Waals surface area contributed by atoms with Crippen molar-refractivity contribution in [1.82, 2.24) is 10.2 Å². The van der Waals surface area contributed by atoms with E-state index in [1.807, 2.05) is 42.5 Å². The topological polar surface area (TPSA) is 41.6 Å². The molecule has 4 rings (SSSR count). The molecule has 1 aliphatic rings. The summed E-state index contributed by atoms with van der Waals surface area (Å²) in [5.74, 6) is -0.0329. The largest absolute Gasteiger partial charge is 0.379 e. The zero-order valence-electron chi connectivity index (χ0n) is 15.7. The third-order valence-corrected chi connectivity index (χ3v) is 6.04. The standard InChI is InChI=1S/C23H24N2O2S/c26-23(20-10-8-19(9-11-20)18-5-2-1-3-6-18)24-17-21(22-7-4-16-28-22)25-12-14-27-15-13-25/h1-11,16,21H,12-15,17H2,(H,24,26)/t21-/m1/s1. The summed E-state index contributed by atoms with van der Waals surface area (Å²) in [5, 5.41) is 5.22. The van der Waals surface area contributed by atoms with Crippen LogP contribution in [0.5, 0.6) is 0 Å². The number of thiophene rings is 1. The first-order chi connectivity index (χ1) is 13.8. The molecule has 4 nitrogen and oxygen atoms in total. The fourth-order valence-electron chi connectivity index (χ4n) is 3.52. The van der Waals surface area contributed by atoms with Crippen LogP contribution in [0.4, 0.5) is 0 Å². The van der Waals surface area contributed by atoms with Gasteiger partial charge < -0.3 is 10.1 Å². The average Bonchev–Trinajstić information content (AvgIpc) is 3.30. The van der Waals surface area contributed by atoms with Crippen molar-refractivity contribution >= 4 is 17.2 Å². The lowest BCUT2D eigenvalue weighted by Crippen LogP contribution is -2.43. The molecule has 1 N–H and O–H groups in total. The van der Waals surface area contributed by atoms with Gasteiger partial charge >= 0.3 is 0 Å². The van der Waals surface area contributed by atoms with Crippen molar-refractivity contribution in [2.45, 2.75) is 6.04 Å². The monoisotopic (exact) mass is 392 g/mol. The SMILES string of the molecule is O=C(NC[C@H](c1cccs1)N1CCOCC1)c1ccc(-c2ccccc2)cc1. The molecule has 2 aromatic carbocycles. The van der Waals surface area contributed by atoms with Gasteiger partial charge in [-0.1, -0.05) is 48.5 Å². The van der Waals surface area contributed by atoms with Gasteiger partial charge in [0.2, 0.25) is 0 Å². The Balaban J connectivity index is 1.42. The molecule has 1 aromatic heterocycles. The van der Waals surface area contributed by atoms with E-state index in [1.165, 1.54) is 4.88 Å². The van der Waals surface area contributed by atoms with E-state index < -0.39 is 0 Å². The number of amides is 1. The third-order valence-electron chi connectivity index (χ3n) is 5.07. The van der Waals surface area contributed by atoms with Crippen molar-refractivity contribution in [2.75, 3.05) is 32.8 Å². The first-order valence-corrected chi connectivity index (χ1v) is 10.5. The Morgan fingerprint density at radius 2 is 1.68 bits per heavy atom. The van der Waals surface area contributed by atoms with Gasteiger partial charge in [0.1, 0.15) is 0 Å². The summed E-state index contributed by atoms with van der Waals surface area (Å²) >= 11 is 1.74. The van der Waals surface area contributed by atoms with Crippen LogP contribution in [0.25, 0.3) is 11.1 Å². The Kier molecular flexibility index (Phi) is 6.17. The lowest BCUT2D eigenvalue weighted by Gasteiger charge is -2.34. The van der Waals surface area contributed by atoms with Crippen LogP contribution in [-0.4, -0.2) is 43.7 Å². The van der Waals surface area contributed by atoms with E-state index in [0.29, 0.717) is 12.1 Å². The molecular formula is C23H24N2O2S. The summed E-state index contributed by atoms with van der Waals surface area (Å²) in [5.41, 5.74) is 2.95. The van der Waals surface area contributed by atoms with E-state index in [9.17, 15) is 4.79 Å². The van der Waals surface area contributed by atoms with E-state index in [2.05, 4.69) is 39.9 Å². The maximum absolute atomic E-state index is 12.7. The van der Waals surface area contributed by atoms with Crippen LogP contribution in [0.1, 0.15) is 21.3 Å². The molecule has 0 aliphatic carbocycles. The van der Waals surface area contributed by atoms with Crippen molar-refractivity contribution in [3.05, 3.63) is 82.6 Å². The highest BCUT2D eigenvalue weighted by atomic mass is 32.1. The van der Waals surface area contributed by atoms with E-state index in [0.717, 1.165) is 37.4 Å². The summed E-state index contributed by atoms with van der Waals surface area (Å²) in [4.78, 5) is 16.4. The van der Waals surface area contributed by atoms with Crippen LogP contribution in [0.15, 0.2) is 72.1 Å². The number of ether oxygens (including phenoxy) is 1. The number of morpholine rings is 1. The lowest BCUT2D eigenvalue weighted by atomic mass is 10.0. The van der Waals surface area contributed by atoms with Gasteiger partial charge in [0.15, 0.2) is 0 Å². The van der Waals surface area contributed by atoms with Gasteiger partial charge in [0.25, 0.3) is 5.91 Å². The van der Waals surface area contributed by atoms with Crippen LogP contribution in [0.2, 0.25) is 0 Å². The van der Waals surface area contributed by atoms with Crippen LogP contribution in [0, 0.1) is 0 Å². The smallest absolute Gasteiger partial charge is 0.251 e. The second-order valence-corrected chi connectivity index (χ2v) is 7.81. The molecule has 3 aromatic rings. The zero-order valence-corrected chi connectivity index (χ0v) is 16.5. The van der Waals surface area contributed by atoms with Crippen molar-refractivity contribution < 1.29 is 9.53 Å². The van der Waals surface area contributed by atoms with Crippen molar-refractivity contribution in [3.63, 3.8) is 0 Å². The molecule has 28 heavy (non-hydrogen) atoms. The number of hydrogen-bond donors (Lipinski definition) is 1. The minimum atomic E-state index is -0.0329. The molecule has 5 heteroatoms. The maximum Gasteiger partial charge on any atom is 0.251 e. The van der Waals surface area contributed by atoms with Gasteiger partial charge in [-0.05, 0) is 34.7 Å². The highest BCUT2D eigenvalue weighted by molar-refractivity contribution is 7.10.